The molecule has 0 aliphatic carbocycles. The number of aliphatic hydroxyl groups excluding tert-OH is 1. The maximum Gasteiger partial charge on any atom is 0.409 e. The van der Waals surface area contributed by atoms with E-state index in [0.717, 1.165) is 6.42 Å². The van der Waals surface area contributed by atoms with Crippen LogP contribution in [0.2, 0.25) is 0 Å². The van der Waals surface area contributed by atoms with Gasteiger partial charge < -0.3 is 35.4 Å². The van der Waals surface area contributed by atoms with Crippen molar-refractivity contribution in [1.82, 2.24) is 24.8 Å². The van der Waals surface area contributed by atoms with Crippen molar-refractivity contribution in [1.29, 1.82) is 0 Å². The van der Waals surface area contributed by atoms with Crippen molar-refractivity contribution in [2.45, 2.75) is 18.4 Å². The summed E-state index contributed by atoms with van der Waals surface area (Å²) in [6.45, 7) is 3.23. The lowest BCUT2D eigenvalue weighted by molar-refractivity contribution is 0.0804. The van der Waals surface area contributed by atoms with E-state index in [1.54, 1.807) is 23.4 Å². The Morgan fingerprint density at radius 3 is 2.72 bits per heavy atom. The van der Waals surface area contributed by atoms with E-state index in [4.69, 9.17) is 25.2 Å². The van der Waals surface area contributed by atoms with Gasteiger partial charge in [0.15, 0.2) is 0 Å². The number of hydrogen-bond acceptors (Lipinski definition) is 11. The van der Waals surface area contributed by atoms with Gasteiger partial charge >= 0.3 is 6.09 Å². The molecule has 4 heterocycles. The molecule has 12 nitrogen and oxygen atoms in total. The lowest BCUT2D eigenvalue weighted by Gasteiger charge is -2.42. The fourth-order valence-electron chi connectivity index (χ4n) is 3.98. The molecule has 0 saturated carbocycles. The van der Waals surface area contributed by atoms with Crippen LogP contribution in [0.25, 0.3) is 11.3 Å². The van der Waals surface area contributed by atoms with E-state index in [1.165, 1.54) is 7.11 Å². The largest absolute Gasteiger partial charge is 0.453 e. The first-order valence-electron chi connectivity index (χ1n) is 10.5. The number of nitrogens with one attached hydrogen (secondary N) is 1. The quantitative estimate of drug-likeness (QED) is 0.586. The van der Waals surface area contributed by atoms with Crippen LogP contribution >= 0.6 is 0 Å². The van der Waals surface area contributed by atoms with E-state index >= 15 is 0 Å². The molecule has 0 spiro atoms. The van der Waals surface area contributed by atoms with Crippen molar-refractivity contribution in [3.8, 4) is 11.3 Å². The highest BCUT2D eigenvalue weighted by atomic mass is 16.5. The fraction of sp³-hybridized carbons (Fsp3) is 0.550. The highest BCUT2D eigenvalue weighted by Gasteiger charge is 2.38. The number of piperidine rings is 1. The van der Waals surface area contributed by atoms with Gasteiger partial charge in [0.2, 0.25) is 11.9 Å². The van der Waals surface area contributed by atoms with E-state index in [1.807, 2.05) is 4.90 Å². The smallest absolute Gasteiger partial charge is 0.409 e. The third-order valence-electron chi connectivity index (χ3n) is 5.68. The molecule has 4 N–H and O–H groups in total. The molecule has 12 heteroatoms. The average molecular weight is 444 g/mol. The van der Waals surface area contributed by atoms with Crippen molar-refractivity contribution in [3.63, 3.8) is 0 Å². The molecule has 32 heavy (non-hydrogen) atoms. The number of likely N-dealkylation sites (tertiary alicyclic amines) is 1. The molecule has 0 radical (unpaired) electrons. The number of morpholine rings is 1. The van der Waals surface area contributed by atoms with E-state index in [2.05, 4.69) is 15.3 Å². The highest BCUT2D eigenvalue weighted by Crippen LogP contribution is 2.29. The van der Waals surface area contributed by atoms with E-state index in [0.29, 0.717) is 68.8 Å². The number of nitrogens with two attached hydrogens (primary N) is 1. The van der Waals surface area contributed by atoms with Gasteiger partial charge in [-0.3, -0.25) is 0 Å². The number of anilines is 3. The van der Waals surface area contributed by atoms with Gasteiger partial charge in [-0.2, -0.15) is 4.98 Å². The standard InChI is InChI=1S/C20H28N8O4/c1-31-19(30)28-4-2-3-20(12-28,13-29)26-16-9-15(14-10-22-17(21)23-11-14)24-18(25-16)27-5-7-32-8-6-27/h9-11,29H,2-8,12-13H2,1H3,(H2,21,22,23)(H,24,25,26)/t20-/m1/s1. The molecule has 1 amide bonds. The lowest BCUT2D eigenvalue weighted by atomic mass is 9.90. The summed E-state index contributed by atoms with van der Waals surface area (Å²) < 4.78 is 10.3. The average Bonchev–Trinajstić information content (AvgIpc) is 2.84. The number of ether oxygens (including phenoxy) is 2. The van der Waals surface area contributed by atoms with Crippen LogP contribution in [0.5, 0.6) is 0 Å². The zero-order chi connectivity index (χ0) is 22.6. The molecule has 2 fully saturated rings. The van der Waals surface area contributed by atoms with Crippen molar-refractivity contribution in [3.05, 3.63) is 18.5 Å². The molecule has 2 saturated heterocycles. The first kappa shape index (κ1) is 22.0. The molecule has 0 aromatic carbocycles. The SMILES string of the molecule is COC(=O)N1CCC[C@@](CO)(Nc2cc(-c3cnc(N)nc3)nc(N3CCOCC3)n2)C1. The molecule has 2 aromatic heterocycles. The van der Waals surface area contributed by atoms with Crippen LogP contribution in [0.15, 0.2) is 18.5 Å². The number of aliphatic hydroxyl groups is 1. The molecule has 4 rings (SSSR count). The predicted octanol–water partition coefficient (Wildman–Crippen LogP) is 0.358. The molecule has 2 aromatic rings. The van der Waals surface area contributed by atoms with Crippen LogP contribution in [0.3, 0.4) is 0 Å². The number of rotatable bonds is 5. The van der Waals surface area contributed by atoms with Gasteiger partial charge in [-0.05, 0) is 12.8 Å². The Morgan fingerprint density at radius 2 is 2.03 bits per heavy atom. The summed E-state index contributed by atoms with van der Waals surface area (Å²) in [5.41, 5.74) is 6.19. The van der Waals surface area contributed by atoms with Crippen LogP contribution in [0.4, 0.5) is 22.5 Å². The Labute approximate surface area is 185 Å². The molecule has 0 bridgehead atoms. The molecular formula is C20H28N8O4. The zero-order valence-electron chi connectivity index (χ0n) is 18.0. The van der Waals surface area contributed by atoms with Crippen molar-refractivity contribution in [2.24, 2.45) is 0 Å². The summed E-state index contributed by atoms with van der Waals surface area (Å²) >= 11 is 0. The van der Waals surface area contributed by atoms with E-state index < -0.39 is 11.6 Å². The minimum atomic E-state index is -0.752. The summed E-state index contributed by atoms with van der Waals surface area (Å²) in [4.78, 5) is 33.3. The molecule has 0 unspecified atom stereocenters. The Morgan fingerprint density at radius 1 is 1.28 bits per heavy atom. The normalized spacial score (nSPS) is 21.3. The minimum Gasteiger partial charge on any atom is -0.453 e. The van der Waals surface area contributed by atoms with Crippen LogP contribution in [-0.2, 0) is 9.47 Å². The van der Waals surface area contributed by atoms with Crippen molar-refractivity contribution >= 4 is 23.8 Å². The van der Waals surface area contributed by atoms with Gasteiger partial charge in [0.05, 0.1) is 38.2 Å². The maximum absolute atomic E-state index is 12.1. The first-order valence-corrected chi connectivity index (χ1v) is 10.5. The Balaban J connectivity index is 1.67. The topological polar surface area (TPSA) is 152 Å². The monoisotopic (exact) mass is 444 g/mol. The van der Waals surface area contributed by atoms with Crippen LogP contribution in [0.1, 0.15) is 12.8 Å². The maximum atomic E-state index is 12.1. The molecule has 172 valence electrons. The predicted molar refractivity (Wildman–Crippen MR) is 117 cm³/mol. The Bertz CT molecular complexity index is 938. The second-order valence-corrected chi connectivity index (χ2v) is 7.93. The molecule has 2 aliphatic heterocycles. The third kappa shape index (κ3) is 4.81. The van der Waals surface area contributed by atoms with Gasteiger partial charge in [-0.25, -0.2) is 19.7 Å². The number of carbonyl (C=O) groups is 1. The molecular weight excluding hydrogens is 416 g/mol. The van der Waals surface area contributed by atoms with Gasteiger partial charge in [0.1, 0.15) is 5.82 Å². The second kappa shape index (κ2) is 9.49. The number of aromatic nitrogens is 4. The van der Waals surface area contributed by atoms with Crippen LogP contribution < -0.4 is 16.0 Å². The third-order valence-corrected chi connectivity index (χ3v) is 5.68. The van der Waals surface area contributed by atoms with Gasteiger partial charge in [-0.15, -0.1) is 0 Å². The van der Waals surface area contributed by atoms with E-state index in [9.17, 15) is 9.90 Å². The van der Waals surface area contributed by atoms with Crippen LogP contribution in [0, 0.1) is 0 Å². The summed E-state index contributed by atoms with van der Waals surface area (Å²) in [6, 6.07) is 1.79. The summed E-state index contributed by atoms with van der Waals surface area (Å²) in [6.07, 6.45) is 4.20. The van der Waals surface area contributed by atoms with Gasteiger partial charge in [0, 0.05) is 50.2 Å². The highest BCUT2D eigenvalue weighted by molar-refractivity contribution is 5.68. The zero-order valence-corrected chi connectivity index (χ0v) is 18.0. The molecule has 1 atom stereocenters. The lowest BCUT2D eigenvalue weighted by Crippen LogP contribution is -2.57. The van der Waals surface area contributed by atoms with Crippen molar-refractivity contribution in [2.75, 3.05) is 69.1 Å². The Hall–Kier alpha value is -3.25. The number of nitrogen functional groups attached to an aromatic ring is 1. The first-order chi connectivity index (χ1) is 15.5. The number of methoxy groups -OCH3 is 1. The number of nitrogens with zero attached hydrogens (tertiary/aromatic N) is 6. The minimum absolute atomic E-state index is 0.169. The molecule has 2 aliphatic rings. The Kier molecular flexibility index (Phi) is 6.51. The van der Waals surface area contributed by atoms with Gasteiger partial charge in [-0.1, -0.05) is 0 Å². The number of carbonyl (C=O) groups excluding carboxylic acids is 1. The van der Waals surface area contributed by atoms with Gasteiger partial charge in [0.25, 0.3) is 0 Å². The summed E-state index contributed by atoms with van der Waals surface area (Å²) in [5.74, 6) is 1.26. The summed E-state index contributed by atoms with van der Waals surface area (Å²) in [7, 11) is 1.35. The summed E-state index contributed by atoms with van der Waals surface area (Å²) in [5, 5.41) is 13.6. The number of amides is 1. The van der Waals surface area contributed by atoms with E-state index in [-0.39, 0.29) is 12.6 Å². The fourth-order valence-corrected chi connectivity index (χ4v) is 3.98. The van der Waals surface area contributed by atoms with Crippen LogP contribution in [-0.4, -0.2) is 94.7 Å². The number of hydrogen-bond donors (Lipinski definition) is 3. The second-order valence-electron chi connectivity index (χ2n) is 7.93. The van der Waals surface area contributed by atoms with Crippen molar-refractivity contribution < 1.29 is 19.4 Å².